The number of cyclic esters (lactones) is 1. The molecule has 0 saturated heterocycles. The maximum Gasteiger partial charge on any atom is 0.338 e. The Morgan fingerprint density at radius 2 is 2.06 bits per heavy atom. The summed E-state index contributed by atoms with van der Waals surface area (Å²) in [5.41, 5.74) is 0.782. The zero-order valence-corrected chi connectivity index (χ0v) is 18.3. The highest BCUT2D eigenvalue weighted by Crippen LogP contribution is 2.61. The van der Waals surface area contributed by atoms with Crippen molar-refractivity contribution in [1.82, 2.24) is 0 Å². The number of hydrogen-bond donors (Lipinski definition) is 2. The Morgan fingerprint density at radius 3 is 2.68 bits per heavy atom. The number of carbonyl (C=O) groups excluding carboxylic acids is 2. The van der Waals surface area contributed by atoms with Crippen LogP contribution in [0.15, 0.2) is 36.0 Å². The number of aliphatic carboxylic acids is 1. The summed E-state index contributed by atoms with van der Waals surface area (Å²) in [4.78, 5) is 34.8. The molecule has 0 radical (unpaired) electrons. The van der Waals surface area contributed by atoms with E-state index in [9.17, 15) is 19.5 Å². The fraction of sp³-hybridized carbons (Fsp3) is 0.625. The molecule has 7 nitrogen and oxygen atoms in total. The van der Waals surface area contributed by atoms with Gasteiger partial charge >= 0.3 is 17.9 Å². The molecule has 2 aliphatic carbocycles. The molecule has 7 heteroatoms. The number of aliphatic hydroxyl groups excluding tert-OH is 1. The minimum atomic E-state index is -1.04. The van der Waals surface area contributed by atoms with Crippen molar-refractivity contribution in [2.45, 2.75) is 58.5 Å². The fourth-order valence-electron chi connectivity index (χ4n) is 5.80. The van der Waals surface area contributed by atoms with Crippen LogP contribution in [0.3, 0.4) is 0 Å². The van der Waals surface area contributed by atoms with Crippen molar-refractivity contribution < 1.29 is 34.1 Å². The Bertz CT molecular complexity index is 826. The van der Waals surface area contributed by atoms with E-state index in [4.69, 9.17) is 14.6 Å². The first-order chi connectivity index (χ1) is 14.6. The molecule has 0 bridgehead atoms. The van der Waals surface area contributed by atoms with E-state index in [1.165, 1.54) is 0 Å². The summed E-state index contributed by atoms with van der Waals surface area (Å²) in [7, 11) is 0. The Hall–Kier alpha value is -2.41. The standard InChI is InChI=1S/C24H32O7/c1-15-4-7-18-23(2,17(15)6-5-16-11-13-30-22(16)29)12-10-19(24(18,3)14-25)31-21(28)9-8-20(26)27/h5-6,11,17-19,25H,1,4,7-10,12-14H2,2-3H3,(H,26,27)/t17?,18?,19-,23+,24+/m1/s1. The van der Waals surface area contributed by atoms with E-state index in [2.05, 4.69) is 13.5 Å². The van der Waals surface area contributed by atoms with Crippen LogP contribution in [0.1, 0.15) is 52.4 Å². The van der Waals surface area contributed by atoms with Crippen LogP contribution in [0.5, 0.6) is 0 Å². The van der Waals surface area contributed by atoms with E-state index in [1.54, 1.807) is 6.08 Å². The molecule has 0 aromatic heterocycles. The van der Waals surface area contributed by atoms with Gasteiger partial charge in [-0.3, -0.25) is 9.59 Å². The Balaban J connectivity index is 1.82. The molecule has 170 valence electrons. The van der Waals surface area contributed by atoms with Crippen molar-refractivity contribution in [3.8, 4) is 0 Å². The number of esters is 2. The predicted molar refractivity (Wildman–Crippen MR) is 113 cm³/mol. The Labute approximate surface area is 182 Å². The molecular formula is C24H32O7. The summed E-state index contributed by atoms with van der Waals surface area (Å²) in [5, 5.41) is 19.2. The minimum absolute atomic E-state index is 0.0232. The van der Waals surface area contributed by atoms with Crippen LogP contribution in [0.2, 0.25) is 0 Å². The van der Waals surface area contributed by atoms with E-state index >= 15 is 0 Å². The molecule has 3 rings (SSSR count). The zero-order chi connectivity index (χ0) is 22.8. The van der Waals surface area contributed by atoms with Gasteiger partial charge in [0.25, 0.3) is 0 Å². The molecule has 31 heavy (non-hydrogen) atoms. The van der Waals surface area contributed by atoms with Gasteiger partial charge < -0.3 is 19.7 Å². The van der Waals surface area contributed by atoms with E-state index in [-0.39, 0.29) is 42.7 Å². The molecule has 3 aliphatic rings. The van der Waals surface area contributed by atoms with E-state index in [0.717, 1.165) is 24.8 Å². The van der Waals surface area contributed by atoms with Crippen molar-refractivity contribution >= 4 is 17.9 Å². The summed E-state index contributed by atoms with van der Waals surface area (Å²) < 4.78 is 10.7. The molecule has 5 atom stereocenters. The van der Waals surface area contributed by atoms with Gasteiger partial charge in [0.15, 0.2) is 0 Å². The molecule has 0 aromatic carbocycles. The Kier molecular flexibility index (Phi) is 6.74. The summed E-state index contributed by atoms with van der Waals surface area (Å²) >= 11 is 0. The third-order valence-electron chi connectivity index (χ3n) is 7.56. The van der Waals surface area contributed by atoms with Crippen LogP contribution in [0.4, 0.5) is 0 Å². The molecule has 1 heterocycles. The molecule has 0 aromatic rings. The lowest BCUT2D eigenvalue weighted by atomic mass is 9.46. The SMILES string of the molecule is C=C1CCC2[C@@](C)(CC[C@@H](OC(=O)CCC(=O)O)[C@@]2(C)CO)C1C=CC1=CCOC1=O. The van der Waals surface area contributed by atoms with Crippen LogP contribution in [0.25, 0.3) is 0 Å². The number of rotatable bonds is 7. The van der Waals surface area contributed by atoms with Gasteiger partial charge in [-0.2, -0.15) is 0 Å². The monoisotopic (exact) mass is 432 g/mol. The van der Waals surface area contributed by atoms with Gasteiger partial charge in [-0.05, 0) is 43.1 Å². The van der Waals surface area contributed by atoms with Gasteiger partial charge in [-0.1, -0.05) is 38.2 Å². The average molecular weight is 433 g/mol. The first-order valence-electron chi connectivity index (χ1n) is 10.9. The predicted octanol–water partition coefficient (Wildman–Crippen LogP) is 3.18. The number of fused-ring (bicyclic) bond motifs is 1. The lowest BCUT2D eigenvalue weighted by Crippen LogP contribution is -2.58. The van der Waals surface area contributed by atoms with Crippen LogP contribution < -0.4 is 0 Å². The number of hydrogen-bond acceptors (Lipinski definition) is 6. The summed E-state index contributed by atoms with van der Waals surface area (Å²) in [5.74, 6) is -1.81. The van der Waals surface area contributed by atoms with Gasteiger partial charge in [-0.25, -0.2) is 4.79 Å². The first-order valence-corrected chi connectivity index (χ1v) is 10.9. The second-order valence-corrected chi connectivity index (χ2v) is 9.42. The second kappa shape index (κ2) is 8.99. The summed E-state index contributed by atoms with van der Waals surface area (Å²) in [6, 6.07) is 0. The number of carboxylic acids is 1. The van der Waals surface area contributed by atoms with Gasteiger partial charge in [0.1, 0.15) is 12.7 Å². The van der Waals surface area contributed by atoms with Crippen LogP contribution >= 0.6 is 0 Å². The van der Waals surface area contributed by atoms with Gasteiger partial charge in [0.2, 0.25) is 0 Å². The zero-order valence-electron chi connectivity index (χ0n) is 18.3. The molecule has 0 spiro atoms. The number of carbonyl (C=O) groups is 3. The number of ether oxygens (including phenoxy) is 2. The quantitative estimate of drug-likeness (QED) is 0.470. The largest absolute Gasteiger partial charge is 0.481 e. The third-order valence-corrected chi connectivity index (χ3v) is 7.56. The maximum absolute atomic E-state index is 12.2. The molecule has 2 fully saturated rings. The van der Waals surface area contributed by atoms with Crippen LogP contribution in [-0.4, -0.2) is 47.4 Å². The second-order valence-electron chi connectivity index (χ2n) is 9.42. The van der Waals surface area contributed by atoms with Crippen molar-refractivity contribution in [1.29, 1.82) is 0 Å². The lowest BCUT2D eigenvalue weighted by Gasteiger charge is -2.59. The van der Waals surface area contributed by atoms with Crippen molar-refractivity contribution in [3.05, 3.63) is 36.0 Å². The Morgan fingerprint density at radius 1 is 1.32 bits per heavy atom. The van der Waals surface area contributed by atoms with Crippen molar-refractivity contribution in [2.24, 2.45) is 22.7 Å². The third kappa shape index (κ3) is 4.47. The highest BCUT2D eigenvalue weighted by atomic mass is 16.5. The van der Waals surface area contributed by atoms with E-state index < -0.39 is 23.5 Å². The maximum atomic E-state index is 12.2. The molecule has 2 unspecified atom stereocenters. The molecule has 0 amide bonds. The highest BCUT2D eigenvalue weighted by Gasteiger charge is 2.58. The molecular weight excluding hydrogens is 400 g/mol. The van der Waals surface area contributed by atoms with Crippen molar-refractivity contribution in [2.75, 3.05) is 13.2 Å². The molecule has 1 aliphatic heterocycles. The minimum Gasteiger partial charge on any atom is -0.481 e. The number of aliphatic hydroxyl groups is 1. The topological polar surface area (TPSA) is 110 Å². The molecule has 2 N–H and O–H groups in total. The van der Waals surface area contributed by atoms with Gasteiger partial charge in [-0.15, -0.1) is 0 Å². The first kappa shape index (κ1) is 23.3. The average Bonchev–Trinajstić information content (AvgIpc) is 3.13. The summed E-state index contributed by atoms with van der Waals surface area (Å²) in [6.07, 6.45) is 7.63. The van der Waals surface area contributed by atoms with E-state index in [1.807, 2.05) is 19.1 Å². The van der Waals surface area contributed by atoms with Crippen LogP contribution in [-0.2, 0) is 23.9 Å². The number of carboxylic acid groups (broad SMARTS) is 1. The normalized spacial score (nSPS) is 35.5. The highest BCUT2D eigenvalue weighted by molar-refractivity contribution is 5.93. The lowest BCUT2D eigenvalue weighted by molar-refractivity contribution is -0.185. The fourth-order valence-corrected chi connectivity index (χ4v) is 5.80. The number of allylic oxidation sites excluding steroid dienone is 2. The summed E-state index contributed by atoms with van der Waals surface area (Å²) in [6.45, 7) is 8.59. The van der Waals surface area contributed by atoms with E-state index in [0.29, 0.717) is 18.6 Å². The van der Waals surface area contributed by atoms with Gasteiger partial charge in [0.05, 0.1) is 25.0 Å². The smallest absolute Gasteiger partial charge is 0.338 e. The van der Waals surface area contributed by atoms with Crippen LogP contribution in [0, 0.1) is 22.7 Å². The molecule has 2 saturated carbocycles. The van der Waals surface area contributed by atoms with Crippen molar-refractivity contribution in [3.63, 3.8) is 0 Å². The van der Waals surface area contributed by atoms with Gasteiger partial charge in [0, 0.05) is 11.3 Å².